The molecule has 1 N–H and O–H groups in total. The maximum absolute atomic E-state index is 12.7. The van der Waals surface area contributed by atoms with Crippen molar-refractivity contribution in [2.75, 3.05) is 13.1 Å². The van der Waals surface area contributed by atoms with E-state index in [-0.39, 0.29) is 17.7 Å². The van der Waals surface area contributed by atoms with E-state index in [0.717, 1.165) is 45.2 Å². The van der Waals surface area contributed by atoms with Crippen LogP contribution < -0.4 is 0 Å². The Kier molecular flexibility index (Phi) is 4.99. The second-order valence-corrected chi connectivity index (χ2v) is 6.91. The van der Waals surface area contributed by atoms with Gasteiger partial charge in [0.05, 0.1) is 5.92 Å². The normalized spacial score (nSPS) is 26.0. The Morgan fingerprint density at radius 2 is 1.61 bits per heavy atom. The average Bonchev–Trinajstić information content (AvgIpc) is 2.62. The Morgan fingerprint density at radius 3 is 2.26 bits per heavy atom. The molecule has 3 rings (SSSR count). The van der Waals surface area contributed by atoms with Gasteiger partial charge in [0.2, 0.25) is 5.91 Å². The highest BCUT2D eigenvalue weighted by Gasteiger charge is 2.34. The number of hydrogen-bond donors (Lipinski definition) is 1. The molecule has 4 nitrogen and oxygen atoms in total. The van der Waals surface area contributed by atoms with Crippen molar-refractivity contribution < 1.29 is 14.7 Å². The molecule has 1 saturated carbocycles. The van der Waals surface area contributed by atoms with Crippen molar-refractivity contribution in [3.8, 4) is 0 Å². The lowest BCUT2D eigenvalue weighted by Crippen LogP contribution is -2.43. The van der Waals surface area contributed by atoms with E-state index in [0.29, 0.717) is 12.3 Å². The minimum absolute atomic E-state index is 0.0851. The SMILES string of the molecule is O=C(O)C1CCCC(C(=O)N2CCC(c3ccccc3)CC2)C1. The second kappa shape index (κ2) is 7.16. The van der Waals surface area contributed by atoms with E-state index in [1.165, 1.54) is 5.56 Å². The van der Waals surface area contributed by atoms with Gasteiger partial charge in [-0.05, 0) is 43.6 Å². The quantitative estimate of drug-likeness (QED) is 0.931. The number of nitrogens with zero attached hydrogens (tertiary/aromatic N) is 1. The van der Waals surface area contributed by atoms with Crippen molar-refractivity contribution in [2.45, 2.75) is 44.4 Å². The summed E-state index contributed by atoms with van der Waals surface area (Å²) >= 11 is 0. The Labute approximate surface area is 137 Å². The molecule has 124 valence electrons. The largest absolute Gasteiger partial charge is 0.481 e. The van der Waals surface area contributed by atoms with Gasteiger partial charge in [-0.25, -0.2) is 0 Å². The van der Waals surface area contributed by atoms with Crippen LogP contribution in [-0.2, 0) is 9.59 Å². The molecule has 2 aliphatic rings. The highest BCUT2D eigenvalue weighted by molar-refractivity contribution is 5.80. The van der Waals surface area contributed by atoms with Crippen molar-refractivity contribution in [3.63, 3.8) is 0 Å². The van der Waals surface area contributed by atoms with E-state index in [2.05, 4.69) is 24.3 Å². The first-order chi connectivity index (χ1) is 11.1. The highest BCUT2D eigenvalue weighted by Crippen LogP contribution is 2.33. The van der Waals surface area contributed by atoms with Gasteiger partial charge in [0, 0.05) is 19.0 Å². The summed E-state index contributed by atoms with van der Waals surface area (Å²) in [5.41, 5.74) is 1.36. The molecule has 2 atom stereocenters. The van der Waals surface area contributed by atoms with Crippen LogP contribution >= 0.6 is 0 Å². The van der Waals surface area contributed by atoms with Crippen molar-refractivity contribution in [1.29, 1.82) is 0 Å². The Hall–Kier alpha value is -1.84. The fourth-order valence-electron chi connectivity index (χ4n) is 4.05. The highest BCUT2D eigenvalue weighted by atomic mass is 16.4. The van der Waals surface area contributed by atoms with E-state index < -0.39 is 5.97 Å². The van der Waals surface area contributed by atoms with E-state index >= 15 is 0 Å². The first-order valence-corrected chi connectivity index (χ1v) is 8.71. The Morgan fingerprint density at radius 1 is 0.957 bits per heavy atom. The molecular formula is C19H25NO3. The lowest BCUT2D eigenvalue weighted by atomic mass is 9.80. The summed E-state index contributed by atoms with van der Waals surface area (Å²) in [4.78, 5) is 25.8. The van der Waals surface area contributed by atoms with Crippen LogP contribution in [0, 0.1) is 11.8 Å². The molecule has 0 aromatic heterocycles. The summed E-state index contributed by atoms with van der Waals surface area (Å²) < 4.78 is 0. The van der Waals surface area contributed by atoms with Crippen LogP contribution in [0.5, 0.6) is 0 Å². The summed E-state index contributed by atoms with van der Waals surface area (Å²) in [6, 6.07) is 10.5. The zero-order valence-corrected chi connectivity index (χ0v) is 13.5. The van der Waals surface area contributed by atoms with Crippen LogP contribution in [0.4, 0.5) is 0 Å². The second-order valence-electron chi connectivity index (χ2n) is 6.91. The lowest BCUT2D eigenvalue weighted by Gasteiger charge is -2.36. The predicted molar refractivity (Wildman–Crippen MR) is 88.1 cm³/mol. The minimum atomic E-state index is -0.745. The number of piperidine rings is 1. The van der Waals surface area contributed by atoms with Crippen LogP contribution in [0.25, 0.3) is 0 Å². The summed E-state index contributed by atoms with van der Waals surface area (Å²) in [6.45, 7) is 1.60. The van der Waals surface area contributed by atoms with Gasteiger partial charge in [0.1, 0.15) is 0 Å². The average molecular weight is 315 g/mol. The number of aliphatic carboxylic acids is 1. The number of carboxylic acid groups (broad SMARTS) is 1. The van der Waals surface area contributed by atoms with E-state index in [1.54, 1.807) is 0 Å². The standard InChI is InChI=1S/C19H25NO3/c21-18(16-7-4-8-17(13-16)19(22)23)20-11-9-15(10-12-20)14-5-2-1-3-6-14/h1-3,5-6,15-17H,4,7-13H2,(H,22,23). The first kappa shape index (κ1) is 16.0. The number of carbonyl (C=O) groups excluding carboxylic acids is 1. The minimum Gasteiger partial charge on any atom is -0.481 e. The van der Waals surface area contributed by atoms with E-state index in [4.69, 9.17) is 0 Å². The van der Waals surface area contributed by atoms with Crippen molar-refractivity contribution in [3.05, 3.63) is 35.9 Å². The molecule has 1 aliphatic heterocycles. The van der Waals surface area contributed by atoms with Gasteiger partial charge in [-0.1, -0.05) is 36.8 Å². The van der Waals surface area contributed by atoms with Crippen LogP contribution in [0.2, 0.25) is 0 Å². The first-order valence-electron chi connectivity index (χ1n) is 8.71. The molecule has 0 spiro atoms. The molecule has 0 radical (unpaired) electrons. The van der Waals surface area contributed by atoms with Crippen LogP contribution in [0.1, 0.15) is 50.0 Å². The number of carbonyl (C=O) groups is 2. The van der Waals surface area contributed by atoms with Gasteiger partial charge in [0.25, 0.3) is 0 Å². The molecule has 2 fully saturated rings. The summed E-state index contributed by atoms with van der Waals surface area (Å²) in [6.07, 6.45) is 4.95. The molecule has 4 heteroatoms. The number of rotatable bonds is 3. The van der Waals surface area contributed by atoms with Crippen LogP contribution in [0.3, 0.4) is 0 Å². The number of benzene rings is 1. The third kappa shape index (κ3) is 3.74. The number of amides is 1. The van der Waals surface area contributed by atoms with Crippen LogP contribution in [-0.4, -0.2) is 35.0 Å². The van der Waals surface area contributed by atoms with Gasteiger partial charge in [-0.15, -0.1) is 0 Å². The molecule has 1 aromatic rings. The van der Waals surface area contributed by atoms with Crippen molar-refractivity contribution in [1.82, 2.24) is 4.90 Å². The zero-order chi connectivity index (χ0) is 16.2. The molecule has 0 bridgehead atoms. The van der Waals surface area contributed by atoms with Gasteiger partial charge < -0.3 is 10.0 Å². The van der Waals surface area contributed by atoms with Crippen molar-refractivity contribution in [2.24, 2.45) is 11.8 Å². The van der Waals surface area contributed by atoms with E-state index in [9.17, 15) is 14.7 Å². The number of likely N-dealkylation sites (tertiary alicyclic amines) is 1. The topological polar surface area (TPSA) is 57.6 Å². The van der Waals surface area contributed by atoms with Gasteiger partial charge in [-0.2, -0.15) is 0 Å². The van der Waals surface area contributed by atoms with E-state index in [1.807, 2.05) is 11.0 Å². The van der Waals surface area contributed by atoms with Crippen molar-refractivity contribution >= 4 is 11.9 Å². The maximum Gasteiger partial charge on any atom is 0.306 e. The number of carboxylic acids is 1. The molecular weight excluding hydrogens is 290 g/mol. The molecule has 1 amide bonds. The fraction of sp³-hybridized carbons (Fsp3) is 0.579. The third-order valence-electron chi connectivity index (χ3n) is 5.45. The Bertz CT molecular complexity index is 549. The smallest absolute Gasteiger partial charge is 0.306 e. The zero-order valence-electron chi connectivity index (χ0n) is 13.5. The fourth-order valence-corrected chi connectivity index (χ4v) is 4.05. The Balaban J connectivity index is 1.55. The molecule has 1 heterocycles. The third-order valence-corrected chi connectivity index (χ3v) is 5.45. The maximum atomic E-state index is 12.7. The summed E-state index contributed by atoms with van der Waals surface area (Å²) in [5.74, 6) is -0.441. The summed E-state index contributed by atoms with van der Waals surface area (Å²) in [5, 5.41) is 9.18. The van der Waals surface area contributed by atoms with Gasteiger partial charge in [-0.3, -0.25) is 9.59 Å². The molecule has 1 aliphatic carbocycles. The predicted octanol–water partition coefficient (Wildman–Crippen LogP) is 3.28. The van der Waals surface area contributed by atoms with Crippen LogP contribution in [0.15, 0.2) is 30.3 Å². The monoisotopic (exact) mass is 315 g/mol. The summed E-state index contributed by atoms with van der Waals surface area (Å²) in [7, 11) is 0. The lowest BCUT2D eigenvalue weighted by molar-refractivity contribution is -0.145. The van der Waals surface area contributed by atoms with Gasteiger partial charge in [0.15, 0.2) is 0 Å². The van der Waals surface area contributed by atoms with Gasteiger partial charge >= 0.3 is 5.97 Å². The molecule has 2 unspecified atom stereocenters. The number of hydrogen-bond acceptors (Lipinski definition) is 2. The molecule has 1 aromatic carbocycles. The molecule has 23 heavy (non-hydrogen) atoms. The molecule has 1 saturated heterocycles.